The molecule has 0 aromatic rings. The van der Waals surface area contributed by atoms with Gasteiger partial charge in [0, 0.05) is 0 Å². The van der Waals surface area contributed by atoms with Crippen LogP contribution < -0.4 is 11.5 Å². The lowest BCUT2D eigenvalue weighted by atomic mass is 10.0. The second-order valence-corrected chi connectivity index (χ2v) is 3.41. The smallest absolute Gasteiger partial charge is 0.0519 e. The molecule has 0 aromatic carbocycles. The summed E-state index contributed by atoms with van der Waals surface area (Å²) in [5, 5.41) is 0. The summed E-state index contributed by atoms with van der Waals surface area (Å²) in [6, 6.07) is 0. The fourth-order valence-electron chi connectivity index (χ4n) is 1.00. The molecule has 0 rings (SSSR count). The largest absolute Gasteiger partial charge is 0.378 e. The fourth-order valence-corrected chi connectivity index (χ4v) is 1.00. The van der Waals surface area contributed by atoms with Crippen molar-refractivity contribution in [2.45, 2.75) is 32.8 Å². The zero-order valence-corrected chi connectivity index (χ0v) is 8.25. The Hall–Kier alpha value is -0.120. The van der Waals surface area contributed by atoms with Crippen LogP contribution in [0.5, 0.6) is 0 Å². The van der Waals surface area contributed by atoms with E-state index in [-0.39, 0.29) is 0 Å². The maximum atomic E-state index is 5.58. The van der Waals surface area contributed by atoms with Crippen molar-refractivity contribution < 1.29 is 4.74 Å². The summed E-state index contributed by atoms with van der Waals surface area (Å²) in [7, 11) is 0. The Balaban J connectivity index is 3.39. The Labute approximate surface area is 75.5 Å². The van der Waals surface area contributed by atoms with Crippen molar-refractivity contribution in [3.05, 3.63) is 0 Å². The lowest BCUT2D eigenvalue weighted by molar-refractivity contribution is 0.0507. The Kier molecular flexibility index (Phi) is 7.45. The molecule has 12 heavy (non-hydrogen) atoms. The van der Waals surface area contributed by atoms with Gasteiger partial charge >= 0.3 is 0 Å². The van der Waals surface area contributed by atoms with Gasteiger partial charge in [-0.1, -0.05) is 0 Å². The highest BCUT2D eigenvalue weighted by molar-refractivity contribution is 4.59. The van der Waals surface area contributed by atoms with Gasteiger partial charge in [0.25, 0.3) is 0 Å². The van der Waals surface area contributed by atoms with Crippen LogP contribution in [-0.4, -0.2) is 25.8 Å². The van der Waals surface area contributed by atoms with Crippen molar-refractivity contribution in [1.82, 2.24) is 0 Å². The zero-order chi connectivity index (χ0) is 9.40. The zero-order valence-electron chi connectivity index (χ0n) is 8.25. The van der Waals surface area contributed by atoms with E-state index in [1.165, 1.54) is 0 Å². The molecule has 0 aliphatic heterocycles. The highest BCUT2D eigenvalue weighted by Crippen LogP contribution is 2.05. The molecule has 0 heterocycles. The van der Waals surface area contributed by atoms with E-state index in [4.69, 9.17) is 16.2 Å². The van der Waals surface area contributed by atoms with Gasteiger partial charge in [0.15, 0.2) is 0 Å². The molecule has 0 aliphatic rings. The van der Waals surface area contributed by atoms with E-state index in [1.807, 2.05) is 13.8 Å². The third kappa shape index (κ3) is 6.58. The summed E-state index contributed by atoms with van der Waals surface area (Å²) in [4.78, 5) is 0. The Morgan fingerprint density at radius 1 is 1.25 bits per heavy atom. The minimum absolute atomic E-state index is 0.303. The summed E-state index contributed by atoms with van der Waals surface area (Å²) >= 11 is 0. The van der Waals surface area contributed by atoms with E-state index in [0.29, 0.717) is 18.6 Å². The van der Waals surface area contributed by atoms with Crippen LogP contribution in [0.15, 0.2) is 0 Å². The summed E-state index contributed by atoms with van der Waals surface area (Å²) < 4.78 is 5.47. The molecule has 0 amide bonds. The molecule has 0 spiro atoms. The second kappa shape index (κ2) is 7.53. The Morgan fingerprint density at radius 2 is 1.92 bits per heavy atom. The fraction of sp³-hybridized carbons (Fsp3) is 1.00. The lowest BCUT2D eigenvalue weighted by Gasteiger charge is -2.16. The molecule has 0 saturated heterocycles. The van der Waals surface area contributed by atoms with E-state index in [9.17, 15) is 0 Å². The van der Waals surface area contributed by atoms with Crippen molar-refractivity contribution in [2.24, 2.45) is 17.4 Å². The van der Waals surface area contributed by atoms with E-state index in [0.717, 1.165) is 26.0 Å². The van der Waals surface area contributed by atoms with E-state index < -0.39 is 0 Å². The van der Waals surface area contributed by atoms with Crippen molar-refractivity contribution >= 4 is 0 Å². The predicted octanol–water partition coefficient (Wildman–Crippen LogP) is 0.725. The van der Waals surface area contributed by atoms with Gasteiger partial charge in [0.05, 0.1) is 12.7 Å². The molecule has 0 fully saturated rings. The van der Waals surface area contributed by atoms with E-state index in [1.54, 1.807) is 0 Å². The van der Waals surface area contributed by atoms with Crippen LogP contribution in [0.3, 0.4) is 0 Å². The van der Waals surface area contributed by atoms with Crippen LogP contribution in [0, 0.1) is 5.92 Å². The van der Waals surface area contributed by atoms with Gasteiger partial charge in [-0.05, 0) is 45.7 Å². The summed E-state index contributed by atoms with van der Waals surface area (Å²) in [6.45, 7) is 6.30. The van der Waals surface area contributed by atoms with Gasteiger partial charge in [-0.15, -0.1) is 0 Å². The quantitative estimate of drug-likeness (QED) is 0.598. The minimum Gasteiger partial charge on any atom is -0.378 e. The van der Waals surface area contributed by atoms with E-state index in [2.05, 4.69) is 0 Å². The molecule has 0 radical (unpaired) electrons. The third-order valence-electron chi connectivity index (χ3n) is 1.82. The Morgan fingerprint density at radius 3 is 2.33 bits per heavy atom. The average molecular weight is 174 g/mol. The molecule has 1 unspecified atom stereocenters. The molecule has 74 valence electrons. The maximum absolute atomic E-state index is 5.58. The number of rotatable bonds is 7. The average Bonchev–Trinajstić information content (AvgIpc) is 2.05. The normalized spacial score (nSPS) is 13.8. The SMILES string of the molecule is CC(C)OCC(CN)CCCN. The first-order valence-electron chi connectivity index (χ1n) is 4.72. The number of ether oxygens (including phenoxy) is 1. The van der Waals surface area contributed by atoms with Gasteiger partial charge in [0.1, 0.15) is 0 Å². The van der Waals surface area contributed by atoms with Crippen LogP contribution in [0.25, 0.3) is 0 Å². The molecule has 3 heteroatoms. The van der Waals surface area contributed by atoms with E-state index >= 15 is 0 Å². The van der Waals surface area contributed by atoms with Gasteiger partial charge in [0.2, 0.25) is 0 Å². The molecular weight excluding hydrogens is 152 g/mol. The predicted molar refractivity (Wildman–Crippen MR) is 51.9 cm³/mol. The number of nitrogens with two attached hydrogens (primary N) is 2. The third-order valence-corrected chi connectivity index (χ3v) is 1.82. The van der Waals surface area contributed by atoms with Crippen molar-refractivity contribution in [3.63, 3.8) is 0 Å². The summed E-state index contributed by atoms with van der Waals surface area (Å²) in [5.41, 5.74) is 11.0. The first-order chi connectivity index (χ1) is 5.70. The van der Waals surface area contributed by atoms with Crippen molar-refractivity contribution in [1.29, 1.82) is 0 Å². The minimum atomic E-state index is 0.303. The van der Waals surface area contributed by atoms with Crippen LogP contribution in [0.1, 0.15) is 26.7 Å². The summed E-state index contributed by atoms with van der Waals surface area (Å²) in [6.07, 6.45) is 2.43. The molecule has 0 saturated carbocycles. The molecule has 0 bridgehead atoms. The van der Waals surface area contributed by atoms with Gasteiger partial charge in [-0.2, -0.15) is 0 Å². The molecule has 3 nitrogen and oxygen atoms in total. The topological polar surface area (TPSA) is 61.3 Å². The number of hydrogen-bond donors (Lipinski definition) is 2. The van der Waals surface area contributed by atoms with Crippen LogP contribution >= 0.6 is 0 Å². The van der Waals surface area contributed by atoms with Crippen LogP contribution in [0.2, 0.25) is 0 Å². The molecular formula is C9H22N2O. The van der Waals surface area contributed by atoms with Crippen LogP contribution in [-0.2, 0) is 4.74 Å². The first kappa shape index (κ1) is 11.9. The van der Waals surface area contributed by atoms with Crippen molar-refractivity contribution in [2.75, 3.05) is 19.7 Å². The van der Waals surface area contributed by atoms with Gasteiger partial charge < -0.3 is 16.2 Å². The monoisotopic (exact) mass is 174 g/mol. The molecule has 1 atom stereocenters. The Bertz CT molecular complexity index is 96.5. The van der Waals surface area contributed by atoms with Crippen molar-refractivity contribution in [3.8, 4) is 0 Å². The first-order valence-corrected chi connectivity index (χ1v) is 4.72. The maximum Gasteiger partial charge on any atom is 0.0519 e. The number of hydrogen-bond acceptors (Lipinski definition) is 3. The van der Waals surface area contributed by atoms with Gasteiger partial charge in [-0.3, -0.25) is 0 Å². The molecule has 0 aliphatic carbocycles. The van der Waals surface area contributed by atoms with Crippen LogP contribution in [0.4, 0.5) is 0 Å². The lowest BCUT2D eigenvalue weighted by Crippen LogP contribution is -2.22. The van der Waals surface area contributed by atoms with Gasteiger partial charge in [-0.25, -0.2) is 0 Å². The molecule has 4 N–H and O–H groups in total. The highest BCUT2D eigenvalue weighted by atomic mass is 16.5. The highest BCUT2D eigenvalue weighted by Gasteiger charge is 2.06. The standard InChI is InChI=1S/C9H22N2O/c1-8(2)12-7-9(6-11)4-3-5-10/h8-9H,3-7,10-11H2,1-2H3. The second-order valence-electron chi connectivity index (χ2n) is 3.41. The summed E-state index contributed by atoms with van der Waals surface area (Å²) in [5.74, 6) is 0.482. The molecule has 0 aromatic heterocycles.